The molecule has 1 aromatic rings. The van der Waals surface area contributed by atoms with Gasteiger partial charge in [-0.2, -0.15) is 0 Å². The van der Waals surface area contributed by atoms with Crippen LogP contribution in [-0.2, 0) is 4.74 Å². The van der Waals surface area contributed by atoms with Crippen molar-refractivity contribution in [3.8, 4) is 5.75 Å². The Hall–Kier alpha value is 0.410. The third kappa shape index (κ3) is 3.44. The Morgan fingerprint density at radius 1 is 1.60 bits per heavy atom. The fourth-order valence-corrected chi connectivity index (χ4v) is 5.09. The normalized spacial score (nSPS) is 25.4. The predicted molar refractivity (Wildman–Crippen MR) is 56.3 cm³/mol. The van der Waals surface area contributed by atoms with Gasteiger partial charge >= 0.3 is 102 Å². The van der Waals surface area contributed by atoms with Crippen LogP contribution in [-0.4, -0.2) is 19.3 Å². The Kier molecular flexibility index (Phi) is 3.75. The molecule has 6 heteroatoms. The second kappa shape index (κ2) is 4.73. The molecule has 0 spiro atoms. The number of ether oxygens (including phenoxy) is 2. The Bertz CT molecular complexity index is 354. The number of para-hydroxylation sites is 1. The molecule has 0 radical (unpaired) electrons. The van der Waals surface area contributed by atoms with E-state index in [2.05, 4.69) is 12.7 Å². The maximum atomic E-state index is 13.7. The number of benzene rings is 1. The zero-order chi connectivity index (χ0) is 10.9. The summed E-state index contributed by atoms with van der Waals surface area (Å²) in [5.74, 6) is 0.513. The van der Waals surface area contributed by atoms with E-state index in [1.807, 2.05) is 0 Å². The first-order valence-electron chi connectivity index (χ1n) is 4.28. The molecule has 1 heterocycles. The fourth-order valence-electron chi connectivity index (χ4n) is 1.09. The van der Waals surface area contributed by atoms with Crippen LogP contribution in [0.1, 0.15) is 0 Å². The Labute approximate surface area is 102 Å². The van der Waals surface area contributed by atoms with Crippen LogP contribution in [0.4, 0.5) is 2.86 Å². The van der Waals surface area contributed by atoms with Crippen LogP contribution < -0.4 is 20.4 Å². The third-order valence-corrected chi connectivity index (χ3v) is 7.30. The zero-order valence-electron chi connectivity index (χ0n) is 7.63. The zero-order valence-corrected chi connectivity index (χ0v) is 12.1. The van der Waals surface area contributed by atoms with E-state index in [9.17, 15) is 2.86 Å². The van der Waals surface area contributed by atoms with E-state index in [0.29, 0.717) is 15.9 Å². The molecule has 1 aliphatic heterocycles. The molecule has 86 valence electrons. The number of hydrogen-bond donors (Lipinski definition) is 0. The number of rotatable bonds is 4. The number of halogens is 4. The van der Waals surface area contributed by atoms with Gasteiger partial charge in [0, 0.05) is 0 Å². The van der Waals surface area contributed by atoms with Crippen molar-refractivity contribution in [2.45, 2.75) is 6.10 Å². The van der Waals surface area contributed by atoms with E-state index in [4.69, 9.17) is 18.4 Å². The van der Waals surface area contributed by atoms with Gasteiger partial charge in [-0.3, -0.25) is 0 Å². The number of hydrogen-bond acceptors (Lipinski definition) is 2. The first-order chi connectivity index (χ1) is 7.07. The average Bonchev–Trinajstić information content (AvgIpc) is 2.97. The summed E-state index contributed by atoms with van der Waals surface area (Å²) in [4.78, 5) is 0. The van der Waals surface area contributed by atoms with E-state index in [1.54, 1.807) is 24.3 Å². The summed E-state index contributed by atoms with van der Waals surface area (Å²) in [5.41, 5.74) is 0. The Morgan fingerprint density at radius 2 is 2.27 bits per heavy atom. The van der Waals surface area contributed by atoms with Crippen molar-refractivity contribution in [1.82, 2.24) is 0 Å². The molecule has 0 saturated carbocycles. The van der Waals surface area contributed by atoms with Crippen LogP contribution in [0.5, 0.6) is 5.75 Å². The first-order valence-corrected chi connectivity index (χ1v) is 13.7. The molecule has 1 fully saturated rings. The molecule has 0 N–H and O–H groups in total. The summed E-state index contributed by atoms with van der Waals surface area (Å²) >= 11 is -1.00. The minimum absolute atomic E-state index is 0.157. The standard InChI is InChI=1S/C9H9BrClFIO2/c10-13(11,12)8-3-1-2-4-9(8)15-6-7-5-14-7/h1-4,7H,5-6H2/q-1. The van der Waals surface area contributed by atoms with E-state index < -0.39 is 15.7 Å². The molecule has 0 bridgehead atoms. The summed E-state index contributed by atoms with van der Waals surface area (Å²) in [7, 11) is 5.71. The molecule has 0 aliphatic carbocycles. The van der Waals surface area contributed by atoms with Gasteiger partial charge in [0.15, 0.2) is 0 Å². The van der Waals surface area contributed by atoms with Crippen molar-refractivity contribution in [3.63, 3.8) is 0 Å². The molecule has 2 unspecified atom stereocenters. The molecule has 1 aromatic carbocycles. The molecule has 2 rings (SSSR count). The molecule has 1 aliphatic rings. The van der Waals surface area contributed by atoms with Crippen molar-refractivity contribution in [2.24, 2.45) is 0 Å². The van der Waals surface area contributed by atoms with E-state index in [1.165, 1.54) is 0 Å². The molecule has 2 nitrogen and oxygen atoms in total. The van der Waals surface area contributed by atoms with Crippen molar-refractivity contribution >= 4 is 21.6 Å². The quantitative estimate of drug-likeness (QED) is 0.521. The minimum atomic E-state index is -3.93. The SMILES string of the molecule is F[I-](Cl)(Br)c1ccccc1OCC1CO1. The first kappa shape index (κ1) is 11.9. The molecule has 15 heavy (non-hydrogen) atoms. The second-order valence-corrected chi connectivity index (χ2v) is 16.9. The predicted octanol–water partition coefficient (Wildman–Crippen LogP) is 0.142. The van der Waals surface area contributed by atoms with Gasteiger partial charge in [-0.15, -0.1) is 0 Å². The van der Waals surface area contributed by atoms with Gasteiger partial charge in [-0.25, -0.2) is 0 Å². The third-order valence-electron chi connectivity index (χ3n) is 1.89. The summed E-state index contributed by atoms with van der Waals surface area (Å²) in [6.45, 7) is 1.18. The van der Waals surface area contributed by atoms with Gasteiger partial charge in [0.25, 0.3) is 0 Å². The van der Waals surface area contributed by atoms with Crippen LogP contribution >= 0.6 is 21.6 Å². The van der Waals surface area contributed by atoms with Crippen molar-refractivity contribution in [3.05, 3.63) is 27.8 Å². The van der Waals surface area contributed by atoms with E-state index >= 15 is 0 Å². The summed E-state index contributed by atoms with van der Waals surface area (Å²) in [6.07, 6.45) is 0.157. The van der Waals surface area contributed by atoms with Crippen LogP contribution in [0.3, 0.4) is 0 Å². The average molecular weight is 410 g/mol. The van der Waals surface area contributed by atoms with Crippen LogP contribution in [0.2, 0.25) is 0 Å². The molecule has 2 atom stereocenters. The van der Waals surface area contributed by atoms with Gasteiger partial charge in [-0.1, -0.05) is 0 Å². The van der Waals surface area contributed by atoms with Gasteiger partial charge in [0.1, 0.15) is 0 Å². The maximum absolute atomic E-state index is 13.7. The van der Waals surface area contributed by atoms with Crippen LogP contribution in [0.15, 0.2) is 24.3 Å². The van der Waals surface area contributed by atoms with Crippen molar-refractivity contribution in [1.29, 1.82) is 0 Å². The summed E-state index contributed by atoms with van der Waals surface area (Å²) in [6, 6.07) is 6.92. The molecule has 0 amide bonds. The summed E-state index contributed by atoms with van der Waals surface area (Å²) < 4.78 is 24.6. The van der Waals surface area contributed by atoms with Gasteiger partial charge in [-0.05, 0) is 0 Å². The Balaban J connectivity index is 2.13. The van der Waals surface area contributed by atoms with Crippen molar-refractivity contribution in [2.75, 3.05) is 13.2 Å². The molecular formula is C9H9BrClFIO2-. The van der Waals surface area contributed by atoms with E-state index in [0.717, 1.165) is 6.61 Å². The van der Waals surface area contributed by atoms with Crippen LogP contribution in [0.25, 0.3) is 0 Å². The topological polar surface area (TPSA) is 21.8 Å². The van der Waals surface area contributed by atoms with Crippen molar-refractivity contribution < 1.29 is 28.0 Å². The number of epoxide rings is 1. The monoisotopic (exact) mass is 409 g/mol. The van der Waals surface area contributed by atoms with Gasteiger partial charge in [0.2, 0.25) is 0 Å². The van der Waals surface area contributed by atoms with E-state index in [-0.39, 0.29) is 6.10 Å². The van der Waals surface area contributed by atoms with Crippen LogP contribution in [0, 0.1) is 3.57 Å². The fraction of sp³-hybridized carbons (Fsp3) is 0.333. The molecule has 1 saturated heterocycles. The second-order valence-electron chi connectivity index (χ2n) is 3.07. The summed E-state index contributed by atoms with van der Waals surface area (Å²) in [5, 5.41) is 0. The van der Waals surface area contributed by atoms with Gasteiger partial charge in [0.05, 0.1) is 0 Å². The molecule has 0 aromatic heterocycles. The molecular weight excluding hydrogens is 401 g/mol. The Morgan fingerprint density at radius 3 is 2.87 bits per heavy atom. The van der Waals surface area contributed by atoms with Gasteiger partial charge < -0.3 is 0 Å².